The first-order valence-corrected chi connectivity index (χ1v) is 4.94. The Kier molecular flexibility index (Phi) is 3.52. The van der Waals surface area contributed by atoms with Crippen LogP contribution in [-0.4, -0.2) is 30.3 Å². The number of rotatable bonds is 3. The normalized spacial score (nSPS) is 21.7. The van der Waals surface area contributed by atoms with Gasteiger partial charge in [0.05, 0.1) is 17.9 Å². The van der Waals surface area contributed by atoms with Gasteiger partial charge >= 0.3 is 5.97 Å². The van der Waals surface area contributed by atoms with Crippen LogP contribution in [0.5, 0.6) is 0 Å². The molecule has 0 aromatic heterocycles. The predicted molar refractivity (Wildman–Crippen MR) is 52.3 cm³/mol. The summed E-state index contributed by atoms with van der Waals surface area (Å²) < 4.78 is 4.96. The molecule has 0 aromatic rings. The first-order chi connectivity index (χ1) is 6.61. The van der Waals surface area contributed by atoms with Crippen LogP contribution < -0.4 is 0 Å². The van der Waals surface area contributed by atoms with Crippen molar-refractivity contribution in [1.29, 1.82) is 0 Å². The van der Waals surface area contributed by atoms with Crippen molar-refractivity contribution in [3.8, 4) is 0 Å². The Morgan fingerprint density at radius 3 is 2.64 bits per heavy atom. The quantitative estimate of drug-likeness (QED) is 0.645. The molecule has 0 N–H and O–H groups in total. The second-order valence-corrected chi connectivity index (χ2v) is 3.16. The maximum atomic E-state index is 11.5. The summed E-state index contributed by atoms with van der Waals surface area (Å²) in [5.74, 6) is -0.270. The largest absolute Gasteiger partial charge is 0.463 e. The molecule has 1 atom stereocenters. The average Bonchev–Trinajstić information content (AvgIpc) is 2.41. The van der Waals surface area contributed by atoms with Crippen LogP contribution in [0.4, 0.5) is 0 Å². The van der Waals surface area contributed by atoms with Gasteiger partial charge in [0, 0.05) is 6.54 Å². The van der Waals surface area contributed by atoms with Crippen LogP contribution in [-0.2, 0) is 14.4 Å². The maximum Gasteiger partial charge on any atom is 0.338 e. The Balaban J connectivity index is 2.83. The number of hydrogen-bond acceptors (Lipinski definition) is 4. The lowest BCUT2D eigenvalue weighted by atomic mass is 10.1. The van der Waals surface area contributed by atoms with Crippen LogP contribution in [0.25, 0.3) is 0 Å². The van der Waals surface area contributed by atoms with E-state index in [0.29, 0.717) is 12.2 Å². The number of carbonyl (C=O) groups excluding carboxylic acids is 1. The highest BCUT2D eigenvalue weighted by atomic mass is 16.7. The van der Waals surface area contributed by atoms with E-state index in [1.165, 1.54) is 0 Å². The molecule has 1 unspecified atom stereocenters. The van der Waals surface area contributed by atoms with Crippen LogP contribution in [0.2, 0.25) is 0 Å². The lowest BCUT2D eigenvalue weighted by molar-refractivity contribution is -0.144. The predicted octanol–water partition coefficient (Wildman–Crippen LogP) is 1.48. The first kappa shape index (κ1) is 11.0. The smallest absolute Gasteiger partial charge is 0.338 e. The minimum Gasteiger partial charge on any atom is -0.463 e. The van der Waals surface area contributed by atoms with E-state index in [1.807, 2.05) is 20.8 Å². The molecule has 0 saturated heterocycles. The second-order valence-electron chi connectivity index (χ2n) is 3.16. The Morgan fingerprint density at radius 1 is 1.57 bits per heavy atom. The summed E-state index contributed by atoms with van der Waals surface area (Å²) in [7, 11) is 0. The van der Waals surface area contributed by atoms with Crippen molar-refractivity contribution >= 4 is 5.97 Å². The van der Waals surface area contributed by atoms with Crippen molar-refractivity contribution in [1.82, 2.24) is 5.06 Å². The highest BCUT2D eigenvalue weighted by molar-refractivity contribution is 5.90. The molecule has 1 aliphatic heterocycles. The van der Waals surface area contributed by atoms with Crippen molar-refractivity contribution < 1.29 is 14.4 Å². The summed E-state index contributed by atoms with van der Waals surface area (Å²) in [6, 6.07) is 0. The number of esters is 1. The number of nitrogens with zero attached hydrogens (tertiary/aromatic N) is 1. The molecular weight excluding hydrogens is 182 g/mol. The topological polar surface area (TPSA) is 38.8 Å². The Hall–Kier alpha value is -1.03. The van der Waals surface area contributed by atoms with Gasteiger partial charge in [-0.1, -0.05) is 0 Å². The number of ether oxygens (including phenoxy) is 1. The average molecular weight is 199 g/mol. The van der Waals surface area contributed by atoms with E-state index in [9.17, 15) is 4.79 Å². The first-order valence-electron chi connectivity index (χ1n) is 4.94. The highest BCUT2D eigenvalue weighted by Crippen LogP contribution is 2.26. The molecule has 0 aliphatic carbocycles. The van der Waals surface area contributed by atoms with Gasteiger partial charge in [0.2, 0.25) is 0 Å². The molecule has 0 radical (unpaired) electrons. The summed E-state index contributed by atoms with van der Waals surface area (Å²) in [5.41, 5.74) is 1.49. The van der Waals surface area contributed by atoms with E-state index >= 15 is 0 Å². The van der Waals surface area contributed by atoms with E-state index in [4.69, 9.17) is 9.57 Å². The molecule has 0 aromatic carbocycles. The zero-order valence-corrected chi connectivity index (χ0v) is 9.16. The standard InChI is InChI=1S/C10H17NO3/c1-5-11-7(3)9(8(4)14-11)10(12)13-6-2/h8H,5-6H2,1-4H3. The lowest BCUT2D eigenvalue weighted by Crippen LogP contribution is -2.19. The Morgan fingerprint density at radius 2 is 2.21 bits per heavy atom. The second kappa shape index (κ2) is 4.46. The summed E-state index contributed by atoms with van der Waals surface area (Å²) >= 11 is 0. The summed E-state index contributed by atoms with van der Waals surface area (Å²) in [4.78, 5) is 17.0. The molecule has 0 bridgehead atoms. The lowest BCUT2D eigenvalue weighted by Gasteiger charge is -2.16. The fourth-order valence-electron chi connectivity index (χ4n) is 1.59. The molecule has 1 heterocycles. The van der Waals surface area contributed by atoms with Gasteiger partial charge in [0.15, 0.2) is 0 Å². The SMILES string of the molecule is CCOC(=O)C1=C(C)N(CC)OC1C. The molecule has 80 valence electrons. The minimum atomic E-state index is -0.270. The number of carbonyl (C=O) groups is 1. The molecule has 0 saturated carbocycles. The van der Waals surface area contributed by atoms with E-state index in [2.05, 4.69) is 0 Å². The van der Waals surface area contributed by atoms with E-state index in [0.717, 1.165) is 12.2 Å². The van der Waals surface area contributed by atoms with Crippen molar-refractivity contribution in [2.75, 3.05) is 13.2 Å². The highest BCUT2D eigenvalue weighted by Gasteiger charge is 2.31. The fourth-order valence-corrected chi connectivity index (χ4v) is 1.59. The summed E-state index contributed by atoms with van der Waals surface area (Å²) in [6.45, 7) is 8.63. The van der Waals surface area contributed by atoms with Crippen LogP contribution in [0.1, 0.15) is 27.7 Å². The zero-order valence-electron chi connectivity index (χ0n) is 9.16. The number of hydrogen-bond donors (Lipinski definition) is 0. The van der Waals surface area contributed by atoms with Gasteiger partial charge < -0.3 is 4.74 Å². The molecule has 0 amide bonds. The van der Waals surface area contributed by atoms with Crippen molar-refractivity contribution in [3.05, 3.63) is 11.3 Å². The van der Waals surface area contributed by atoms with Crippen LogP contribution in [0.3, 0.4) is 0 Å². The van der Waals surface area contributed by atoms with Gasteiger partial charge in [-0.05, 0) is 27.7 Å². The number of hydroxylamine groups is 2. The molecule has 4 nitrogen and oxygen atoms in total. The van der Waals surface area contributed by atoms with Crippen LogP contribution in [0.15, 0.2) is 11.3 Å². The van der Waals surface area contributed by atoms with Gasteiger partial charge in [0.25, 0.3) is 0 Å². The van der Waals surface area contributed by atoms with Gasteiger partial charge in [-0.15, -0.1) is 0 Å². The van der Waals surface area contributed by atoms with Crippen molar-refractivity contribution in [3.63, 3.8) is 0 Å². The van der Waals surface area contributed by atoms with Gasteiger partial charge in [-0.25, -0.2) is 4.79 Å². The Bertz CT molecular complexity index is 260. The summed E-state index contributed by atoms with van der Waals surface area (Å²) in [5, 5.41) is 1.72. The molecular formula is C10H17NO3. The third kappa shape index (κ3) is 1.90. The van der Waals surface area contributed by atoms with Gasteiger partial charge in [-0.3, -0.25) is 9.90 Å². The third-order valence-corrected chi connectivity index (χ3v) is 2.24. The van der Waals surface area contributed by atoms with Crippen LogP contribution in [0, 0.1) is 0 Å². The minimum absolute atomic E-state index is 0.200. The summed E-state index contributed by atoms with van der Waals surface area (Å²) in [6.07, 6.45) is -0.200. The van der Waals surface area contributed by atoms with Crippen molar-refractivity contribution in [2.45, 2.75) is 33.8 Å². The van der Waals surface area contributed by atoms with Gasteiger partial charge in [-0.2, -0.15) is 0 Å². The van der Waals surface area contributed by atoms with E-state index in [1.54, 1.807) is 12.0 Å². The zero-order chi connectivity index (χ0) is 10.7. The third-order valence-electron chi connectivity index (χ3n) is 2.24. The molecule has 4 heteroatoms. The maximum absolute atomic E-state index is 11.5. The van der Waals surface area contributed by atoms with Gasteiger partial charge in [0.1, 0.15) is 6.10 Å². The molecule has 14 heavy (non-hydrogen) atoms. The fraction of sp³-hybridized carbons (Fsp3) is 0.700. The molecule has 1 rings (SSSR count). The monoisotopic (exact) mass is 199 g/mol. The van der Waals surface area contributed by atoms with Crippen molar-refractivity contribution in [2.24, 2.45) is 0 Å². The van der Waals surface area contributed by atoms with E-state index < -0.39 is 0 Å². The van der Waals surface area contributed by atoms with E-state index in [-0.39, 0.29) is 12.1 Å². The Labute approximate surface area is 84.4 Å². The number of allylic oxidation sites excluding steroid dienone is 1. The molecule has 0 fully saturated rings. The van der Waals surface area contributed by atoms with Crippen LogP contribution >= 0.6 is 0 Å². The molecule has 1 aliphatic rings. The molecule has 0 spiro atoms.